The third kappa shape index (κ3) is 5.04. The predicted molar refractivity (Wildman–Crippen MR) is 158 cm³/mol. The highest BCUT2D eigenvalue weighted by Crippen LogP contribution is 2.35. The van der Waals surface area contributed by atoms with E-state index in [1.807, 2.05) is 36.7 Å². The molecule has 1 saturated carbocycles. The molecule has 0 atom stereocenters. The number of methoxy groups -OCH3 is 1. The number of nitrogens with zero attached hydrogens (tertiary/aromatic N) is 4. The number of rotatable bonds is 8. The summed E-state index contributed by atoms with van der Waals surface area (Å²) >= 11 is 0. The van der Waals surface area contributed by atoms with Crippen molar-refractivity contribution in [2.75, 3.05) is 13.7 Å². The summed E-state index contributed by atoms with van der Waals surface area (Å²) < 4.78 is 19.6. The Balaban J connectivity index is 1.21. The molecule has 0 unspecified atom stereocenters. The van der Waals surface area contributed by atoms with E-state index in [2.05, 4.69) is 41.5 Å². The Morgan fingerprint density at radius 2 is 1.88 bits per heavy atom. The van der Waals surface area contributed by atoms with Crippen LogP contribution in [0.4, 0.5) is 4.39 Å². The van der Waals surface area contributed by atoms with Gasteiger partial charge in [0.25, 0.3) is 0 Å². The second-order valence-corrected chi connectivity index (χ2v) is 10.7. The van der Waals surface area contributed by atoms with Crippen molar-refractivity contribution >= 4 is 21.9 Å². The van der Waals surface area contributed by atoms with Gasteiger partial charge in [0, 0.05) is 47.5 Å². The first-order valence-electron chi connectivity index (χ1n) is 14.0. The van der Waals surface area contributed by atoms with Crippen molar-refractivity contribution in [3.63, 3.8) is 0 Å². The summed E-state index contributed by atoms with van der Waals surface area (Å²) in [6.07, 6.45) is 12.6. The van der Waals surface area contributed by atoms with Gasteiger partial charge >= 0.3 is 0 Å². The number of benzene rings is 1. The van der Waals surface area contributed by atoms with Gasteiger partial charge in [-0.25, -0.2) is 9.37 Å². The Morgan fingerprint density at radius 3 is 2.76 bits per heavy atom. The Labute approximate surface area is 236 Å². The van der Waals surface area contributed by atoms with Crippen molar-refractivity contribution in [2.24, 2.45) is 5.92 Å². The third-order valence-corrected chi connectivity index (χ3v) is 7.98. The molecule has 3 N–H and O–H groups in total. The van der Waals surface area contributed by atoms with Gasteiger partial charge in [0.05, 0.1) is 30.2 Å². The van der Waals surface area contributed by atoms with Gasteiger partial charge in [0.15, 0.2) is 0 Å². The number of fused-ring (bicyclic) bond motifs is 2. The number of halogens is 1. The molecule has 0 aliphatic heterocycles. The molecule has 5 heterocycles. The molecule has 8 nitrogen and oxygen atoms in total. The second-order valence-electron chi connectivity index (χ2n) is 10.7. The molecule has 0 amide bonds. The third-order valence-electron chi connectivity index (χ3n) is 7.98. The zero-order valence-electron chi connectivity index (χ0n) is 22.7. The molecule has 6 aromatic rings. The first-order valence-corrected chi connectivity index (χ1v) is 14.0. The van der Waals surface area contributed by atoms with Crippen molar-refractivity contribution in [1.82, 2.24) is 35.5 Å². The average Bonchev–Trinajstić information content (AvgIpc) is 3.76. The highest BCUT2D eigenvalue weighted by Gasteiger charge is 2.17. The van der Waals surface area contributed by atoms with E-state index in [4.69, 9.17) is 4.74 Å². The molecule has 41 heavy (non-hydrogen) atoms. The summed E-state index contributed by atoms with van der Waals surface area (Å²) in [5.74, 6) is 0.895. The van der Waals surface area contributed by atoms with Crippen LogP contribution in [0.2, 0.25) is 0 Å². The molecule has 1 aliphatic carbocycles. The quantitative estimate of drug-likeness (QED) is 0.197. The van der Waals surface area contributed by atoms with E-state index < -0.39 is 0 Å². The maximum absolute atomic E-state index is 14.3. The molecule has 5 aromatic heterocycles. The molecule has 0 saturated heterocycles. The van der Waals surface area contributed by atoms with E-state index in [9.17, 15) is 4.39 Å². The second kappa shape index (κ2) is 10.7. The number of aromatic amines is 2. The molecule has 1 aromatic carbocycles. The van der Waals surface area contributed by atoms with Crippen molar-refractivity contribution < 1.29 is 9.13 Å². The van der Waals surface area contributed by atoms with Crippen molar-refractivity contribution in [2.45, 2.75) is 32.2 Å². The lowest BCUT2D eigenvalue weighted by atomic mass is 10.0. The predicted octanol–water partition coefficient (Wildman–Crippen LogP) is 6.66. The highest BCUT2D eigenvalue weighted by molar-refractivity contribution is 6.00. The first-order chi connectivity index (χ1) is 20.1. The van der Waals surface area contributed by atoms with Gasteiger partial charge in [-0.05, 0) is 78.4 Å². The lowest BCUT2D eigenvalue weighted by Gasteiger charge is -2.11. The highest BCUT2D eigenvalue weighted by atomic mass is 19.1. The fourth-order valence-corrected chi connectivity index (χ4v) is 5.88. The summed E-state index contributed by atoms with van der Waals surface area (Å²) in [5, 5.41) is 13.1. The number of hydrogen-bond donors (Lipinski definition) is 3. The van der Waals surface area contributed by atoms with Gasteiger partial charge in [-0.2, -0.15) is 5.10 Å². The molecule has 9 heteroatoms. The Bertz CT molecular complexity index is 1850. The van der Waals surface area contributed by atoms with E-state index >= 15 is 0 Å². The summed E-state index contributed by atoms with van der Waals surface area (Å²) in [6, 6.07) is 12.7. The lowest BCUT2D eigenvalue weighted by molar-refractivity contribution is 0.411. The van der Waals surface area contributed by atoms with Crippen LogP contribution in [-0.4, -0.2) is 43.8 Å². The molecular formula is C32H30FN7O. The molecule has 0 spiro atoms. The molecule has 0 bridgehead atoms. The van der Waals surface area contributed by atoms with Crippen LogP contribution in [0.15, 0.2) is 67.3 Å². The first kappa shape index (κ1) is 25.3. The minimum absolute atomic E-state index is 0.360. The Hall–Kier alpha value is -4.63. The number of nitrogens with one attached hydrogen (secondary N) is 3. The van der Waals surface area contributed by atoms with E-state index in [-0.39, 0.29) is 5.82 Å². The number of ether oxygens (including phenoxy) is 1. The molecule has 7 rings (SSSR count). The number of hydrogen-bond acceptors (Lipinski definition) is 6. The topological polar surface area (TPSA) is 104 Å². The van der Waals surface area contributed by atoms with E-state index in [0.29, 0.717) is 17.0 Å². The molecule has 206 valence electrons. The van der Waals surface area contributed by atoms with Gasteiger partial charge < -0.3 is 15.0 Å². The molecule has 1 aliphatic rings. The zero-order chi connectivity index (χ0) is 27.8. The van der Waals surface area contributed by atoms with Crippen molar-refractivity contribution in [3.8, 4) is 39.5 Å². The number of pyridine rings is 3. The summed E-state index contributed by atoms with van der Waals surface area (Å²) in [4.78, 5) is 17.1. The molecule has 1 fully saturated rings. The van der Waals surface area contributed by atoms with Gasteiger partial charge in [-0.1, -0.05) is 12.8 Å². The van der Waals surface area contributed by atoms with E-state index in [0.717, 1.165) is 69.1 Å². The van der Waals surface area contributed by atoms with Crippen LogP contribution in [0.3, 0.4) is 0 Å². The van der Waals surface area contributed by atoms with E-state index in [1.165, 1.54) is 44.9 Å². The lowest BCUT2D eigenvalue weighted by Crippen LogP contribution is -2.20. The van der Waals surface area contributed by atoms with Crippen molar-refractivity contribution in [3.05, 3.63) is 78.6 Å². The summed E-state index contributed by atoms with van der Waals surface area (Å²) in [7, 11) is 1.53. The van der Waals surface area contributed by atoms with Crippen LogP contribution in [0, 0.1) is 11.7 Å². The van der Waals surface area contributed by atoms with Crippen LogP contribution in [0.1, 0.15) is 31.2 Å². The Morgan fingerprint density at radius 1 is 0.976 bits per heavy atom. The van der Waals surface area contributed by atoms with Gasteiger partial charge in [0.2, 0.25) is 0 Å². The number of H-pyrrole nitrogens is 2. The fraction of sp³-hybridized carbons (Fsp3) is 0.250. The van der Waals surface area contributed by atoms with Crippen LogP contribution < -0.4 is 10.1 Å². The summed E-state index contributed by atoms with van der Waals surface area (Å²) in [5.41, 5.74) is 7.55. The minimum Gasteiger partial charge on any atom is -0.497 e. The maximum Gasteiger partial charge on any atom is 0.138 e. The Kier molecular flexibility index (Phi) is 6.64. The van der Waals surface area contributed by atoms with Crippen LogP contribution in [0.25, 0.3) is 55.7 Å². The van der Waals surface area contributed by atoms with E-state index in [1.54, 1.807) is 12.4 Å². The largest absolute Gasteiger partial charge is 0.497 e. The monoisotopic (exact) mass is 547 g/mol. The SMILES string of the molecule is COc1cc(F)cc(-c2ccnc3[nH]c(-c4n[nH]c5cnc(-c6cncc(CNCC7CCCC7)c6)cc45)cc23)c1. The van der Waals surface area contributed by atoms with Gasteiger partial charge in [-0.3, -0.25) is 15.1 Å². The maximum atomic E-state index is 14.3. The smallest absolute Gasteiger partial charge is 0.138 e. The standard InChI is InChI=1S/C32H30FN7O/c1-41-24-10-21(9-23(33)11-24)25-6-7-36-32-26(25)12-29(38-32)31-27-13-28(37-18-30(27)39-40-31)22-8-20(16-35-17-22)15-34-14-19-4-2-3-5-19/h6-13,16-19,34H,2-5,14-15H2,1H3,(H,36,38)(H,39,40). The van der Waals surface area contributed by atoms with Gasteiger partial charge in [0.1, 0.15) is 22.9 Å². The normalized spacial score (nSPS) is 13.9. The van der Waals surface area contributed by atoms with Crippen LogP contribution >= 0.6 is 0 Å². The molecule has 0 radical (unpaired) electrons. The number of aromatic nitrogens is 6. The minimum atomic E-state index is -0.360. The summed E-state index contributed by atoms with van der Waals surface area (Å²) in [6.45, 7) is 1.85. The van der Waals surface area contributed by atoms with Gasteiger partial charge in [-0.15, -0.1) is 0 Å². The molecular weight excluding hydrogens is 517 g/mol. The van der Waals surface area contributed by atoms with Crippen molar-refractivity contribution in [1.29, 1.82) is 0 Å². The average molecular weight is 548 g/mol. The van der Waals surface area contributed by atoms with Crippen LogP contribution in [-0.2, 0) is 6.54 Å². The fourth-order valence-electron chi connectivity index (χ4n) is 5.88. The zero-order valence-corrected chi connectivity index (χ0v) is 22.7. The van der Waals surface area contributed by atoms with Crippen LogP contribution in [0.5, 0.6) is 5.75 Å².